The molecule has 0 unspecified atom stereocenters. The number of hydrogen-bond donors (Lipinski definition) is 1. The van der Waals surface area contributed by atoms with Crippen molar-refractivity contribution in [1.29, 1.82) is 5.41 Å². The fraction of sp³-hybridized carbons (Fsp3) is 0.429. The Morgan fingerprint density at radius 1 is 1.14 bits per heavy atom. The SMILES string of the molecule is CCN1CCN(C(=O)c2cc3c(=O)n4cccc(C)c4nc3n(CC)c2=N)CC1. The summed E-state index contributed by atoms with van der Waals surface area (Å²) in [7, 11) is 0. The number of carbonyl (C=O) groups is 1. The molecule has 1 N–H and O–H groups in total. The maximum Gasteiger partial charge on any atom is 0.267 e. The van der Waals surface area contributed by atoms with Crippen molar-refractivity contribution in [1.82, 2.24) is 23.8 Å². The zero-order valence-corrected chi connectivity index (χ0v) is 17.1. The average Bonchev–Trinajstić information content (AvgIpc) is 2.74. The zero-order valence-electron chi connectivity index (χ0n) is 17.1. The van der Waals surface area contributed by atoms with Crippen LogP contribution in [0.1, 0.15) is 29.8 Å². The molecule has 152 valence electrons. The lowest BCUT2D eigenvalue weighted by Crippen LogP contribution is -2.49. The summed E-state index contributed by atoms with van der Waals surface area (Å²) in [6.45, 7) is 10.2. The maximum atomic E-state index is 13.2. The molecule has 0 atom stereocenters. The van der Waals surface area contributed by atoms with Crippen LogP contribution in [0.2, 0.25) is 0 Å². The van der Waals surface area contributed by atoms with Crippen LogP contribution in [0.15, 0.2) is 29.2 Å². The lowest BCUT2D eigenvalue weighted by atomic mass is 10.1. The molecule has 0 aliphatic carbocycles. The Hall–Kier alpha value is -3.00. The van der Waals surface area contributed by atoms with Gasteiger partial charge in [-0.1, -0.05) is 13.0 Å². The van der Waals surface area contributed by atoms with E-state index < -0.39 is 0 Å². The first-order valence-corrected chi connectivity index (χ1v) is 10.1. The second-order valence-electron chi connectivity index (χ2n) is 7.42. The summed E-state index contributed by atoms with van der Waals surface area (Å²) >= 11 is 0. The molecule has 0 saturated carbocycles. The molecule has 3 aromatic rings. The maximum absolute atomic E-state index is 13.2. The van der Waals surface area contributed by atoms with E-state index in [2.05, 4.69) is 16.8 Å². The van der Waals surface area contributed by atoms with Gasteiger partial charge in [0, 0.05) is 38.9 Å². The van der Waals surface area contributed by atoms with Gasteiger partial charge in [0.2, 0.25) is 0 Å². The van der Waals surface area contributed by atoms with Crippen molar-refractivity contribution in [2.45, 2.75) is 27.3 Å². The summed E-state index contributed by atoms with van der Waals surface area (Å²) in [5.74, 6) is -0.191. The fourth-order valence-electron chi connectivity index (χ4n) is 4.00. The van der Waals surface area contributed by atoms with Crippen molar-refractivity contribution < 1.29 is 4.79 Å². The Kier molecular flexibility index (Phi) is 4.96. The van der Waals surface area contributed by atoms with Crippen molar-refractivity contribution in [2.24, 2.45) is 0 Å². The summed E-state index contributed by atoms with van der Waals surface area (Å²) in [4.78, 5) is 35.1. The number of likely N-dealkylation sites (N-methyl/N-ethyl adjacent to an activating group) is 1. The van der Waals surface area contributed by atoms with Crippen LogP contribution in [0.4, 0.5) is 0 Å². The van der Waals surface area contributed by atoms with E-state index in [4.69, 9.17) is 5.41 Å². The highest BCUT2D eigenvalue weighted by Gasteiger charge is 2.24. The predicted octanol–water partition coefficient (Wildman–Crippen LogP) is 1.23. The summed E-state index contributed by atoms with van der Waals surface area (Å²) < 4.78 is 3.16. The summed E-state index contributed by atoms with van der Waals surface area (Å²) in [6.07, 6.45) is 1.69. The third kappa shape index (κ3) is 3.13. The number of nitrogens with one attached hydrogen (secondary N) is 1. The summed E-state index contributed by atoms with van der Waals surface area (Å²) in [5, 5.41) is 9.00. The van der Waals surface area contributed by atoms with Gasteiger partial charge in [-0.15, -0.1) is 0 Å². The third-order valence-electron chi connectivity index (χ3n) is 5.79. The molecule has 1 aliphatic rings. The molecule has 1 aliphatic heterocycles. The van der Waals surface area contributed by atoms with Gasteiger partial charge in [-0.25, -0.2) is 4.98 Å². The van der Waals surface area contributed by atoms with E-state index in [9.17, 15) is 9.59 Å². The van der Waals surface area contributed by atoms with Crippen molar-refractivity contribution in [3.63, 3.8) is 0 Å². The molecule has 0 spiro atoms. The van der Waals surface area contributed by atoms with E-state index in [1.54, 1.807) is 21.7 Å². The molecule has 0 bridgehead atoms. The molecule has 4 heterocycles. The number of carbonyl (C=O) groups excluding carboxylic acids is 1. The number of piperazine rings is 1. The smallest absolute Gasteiger partial charge is 0.267 e. The summed E-state index contributed by atoms with van der Waals surface area (Å²) in [5.41, 5.74) is 2.05. The van der Waals surface area contributed by atoms with Gasteiger partial charge in [0.25, 0.3) is 11.5 Å². The first kappa shape index (κ1) is 19.3. The number of rotatable bonds is 3. The quantitative estimate of drug-likeness (QED) is 0.677. The van der Waals surface area contributed by atoms with Crippen LogP contribution >= 0.6 is 0 Å². The van der Waals surface area contributed by atoms with Gasteiger partial charge in [-0.05, 0) is 38.1 Å². The lowest BCUT2D eigenvalue weighted by Gasteiger charge is -2.34. The van der Waals surface area contributed by atoms with Gasteiger partial charge in [0.1, 0.15) is 16.8 Å². The number of nitrogens with zero attached hydrogens (tertiary/aromatic N) is 5. The Balaban J connectivity index is 1.90. The summed E-state index contributed by atoms with van der Waals surface area (Å²) in [6, 6.07) is 5.27. The average molecular weight is 394 g/mol. The predicted molar refractivity (Wildman–Crippen MR) is 111 cm³/mol. The molecule has 8 heteroatoms. The highest BCUT2D eigenvalue weighted by Crippen LogP contribution is 2.14. The van der Waals surface area contributed by atoms with Crippen LogP contribution in [0, 0.1) is 12.3 Å². The molecular formula is C21H26N6O2. The Bertz CT molecular complexity index is 1220. The number of fused-ring (bicyclic) bond motifs is 2. The van der Waals surface area contributed by atoms with Gasteiger partial charge in [0.15, 0.2) is 0 Å². The Morgan fingerprint density at radius 2 is 1.86 bits per heavy atom. The second kappa shape index (κ2) is 7.44. The monoisotopic (exact) mass is 394 g/mol. The number of amides is 1. The molecule has 29 heavy (non-hydrogen) atoms. The molecule has 1 fully saturated rings. The van der Waals surface area contributed by atoms with Crippen LogP contribution in [-0.2, 0) is 6.54 Å². The van der Waals surface area contributed by atoms with Crippen LogP contribution in [0.3, 0.4) is 0 Å². The number of pyridine rings is 2. The highest BCUT2D eigenvalue weighted by atomic mass is 16.2. The van der Waals surface area contributed by atoms with Crippen LogP contribution in [0.25, 0.3) is 16.7 Å². The van der Waals surface area contributed by atoms with E-state index in [-0.39, 0.29) is 22.5 Å². The largest absolute Gasteiger partial charge is 0.336 e. The Morgan fingerprint density at radius 3 is 2.52 bits per heavy atom. The van der Waals surface area contributed by atoms with Gasteiger partial charge in [0.05, 0.1) is 10.9 Å². The van der Waals surface area contributed by atoms with Crippen LogP contribution in [0.5, 0.6) is 0 Å². The van der Waals surface area contributed by atoms with Crippen LogP contribution in [-0.4, -0.2) is 62.4 Å². The third-order valence-corrected chi connectivity index (χ3v) is 5.79. The molecule has 1 amide bonds. The topological polar surface area (TPSA) is 86.7 Å². The molecule has 1 saturated heterocycles. The van der Waals surface area contributed by atoms with Crippen LogP contribution < -0.4 is 11.0 Å². The first-order valence-electron chi connectivity index (χ1n) is 10.1. The highest BCUT2D eigenvalue weighted by molar-refractivity contribution is 5.97. The minimum Gasteiger partial charge on any atom is -0.336 e. The van der Waals surface area contributed by atoms with Crippen molar-refractivity contribution in [3.8, 4) is 0 Å². The molecule has 8 nitrogen and oxygen atoms in total. The minimum absolute atomic E-state index is 0.104. The zero-order chi connectivity index (χ0) is 20.7. The van der Waals surface area contributed by atoms with Gasteiger partial charge < -0.3 is 14.4 Å². The minimum atomic E-state index is -0.222. The van der Waals surface area contributed by atoms with Gasteiger partial charge in [-0.2, -0.15) is 0 Å². The number of aryl methyl sites for hydroxylation is 2. The van der Waals surface area contributed by atoms with Crippen molar-refractivity contribution in [3.05, 3.63) is 51.4 Å². The molecule has 0 aromatic carbocycles. The van der Waals surface area contributed by atoms with Crippen molar-refractivity contribution >= 4 is 22.6 Å². The number of hydrogen-bond acceptors (Lipinski definition) is 5. The first-order chi connectivity index (χ1) is 14.0. The standard InChI is InChI=1S/C21H26N6O2/c1-4-24-9-11-25(12-10-24)20(28)15-13-16-19(26(5-2)17(15)22)23-18-14(3)7-6-8-27(18)21(16)29/h6-8,13,22H,4-5,9-12H2,1-3H3. The van der Waals surface area contributed by atoms with Crippen molar-refractivity contribution in [2.75, 3.05) is 32.7 Å². The molecule has 4 rings (SSSR count). The second-order valence-corrected chi connectivity index (χ2v) is 7.42. The normalized spacial score (nSPS) is 15.3. The molecule has 0 radical (unpaired) electrons. The fourth-order valence-corrected chi connectivity index (χ4v) is 4.00. The van der Waals surface area contributed by atoms with E-state index >= 15 is 0 Å². The molecule has 3 aromatic heterocycles. The van der Waals surface area contributed by atoms with E-state index in [0.717, 1.165) is 25.2 Å². The van der Waals surface area contributed by atoms with E-state index in [1.807, 2.05) is 26.0 Å². The van der Waals surface area contributed by atoms with E-state index in [1.165, 1.54) is 4.40 Å². The lowest BCUT2D eigenvalue weighted by molar-refractivity contribution is 0.0640. The van der Waals surface area contributed by atoms with Gasteiger partial charge >= 0.3 is 0 Å². The Labute approximate surface area is 168 Å². The molecular weight excluding hydrogens is 368 g/mol. The van der Waals surface area contributed by atoms with Gasteiger partial charge in [-0.3, -0.25) is 19.4 Å². The van der Waals surface area contributed by atoms with E-state index in [0.29, 0.717) is 36.3 Å². The number of aromatic nitrogens is 3.